The van der Waals surface area contributed by atoms with E-state index < -0.39 is 0 Å². The van der Waals surface area contributed by atoms with Gasteiger partial charge < -0.3 is 10.5 Å². The van der Waals surface area contributed by atoms with Crippen molar-refractivity contribution in [2.75, 3.05) is 13.2 Å². The molecular weight excluding hydrogens is 270 g/mol. The van der Waals surface area contributed by atoms with E-state index in [-0.39, 0.29) is 0 Å². The third kappa shape index (κ3) is 9.62. The van der Waals surface area contributed by atoms with E-state index in [1.54, 1.807) is 0 Å². The molecule has 0 aliphatic rings. The number of hydrogen-bond acceptors (Lipinski definition) is 2. The molecule has 0 saturated carbocycles. The molecule has 0 unspecified atom stereocenters. The van der Waals surface area contributed by atoms with Crippen molar-refractivity contribution in [3.8, 4) is 5.75 Å². The summed E-state index contributed by atoms with van der Waals surface area (Å²) in [7, 11) is 0. The standard InChI is InChI=1S/C20H33NO/c1-2-19-13-15-20(16-14-19)22-18-12-10-8-6-4-3-5-7-9-11-17-21/h2,13-16H,1,3-12,17-18,21H2. The smallest absolute Gasteiger partial charge is 0.119 e. The van der Waals surface area contributed by atoms with Gasteiger partial charge in [-0.15, -0.1) is 0 Å². The Morgan fingerprint density at radius 3 is 1.77 bits per heavy atom. The Kier molecular flexibility index (Phi) is 11.4. The van der Waals surface area contributed by atoms with Gasteiger partial charge in [0.25, 0.3) is 0 Å². The average Bonchev–Trinajstić information content (AvgIpc) is 2.56. The Morgan fingerprint density at radius 1 is 0.773 bits per heavy atom. The van der Waals surface area contributed by atoms with E-state index in [0.717, 1.165) is 30.9 Å². The molecule has 2 heteroatoms. The summed E-state index contributed by atoms with van der Waals surface area (Å²) >= 11 is 0. The second-order valence-corrected chi connectivity index (χ2v) is 5.95. The third-order valence-electron chi connectivity index (χ3n) is 3.98. The van der Waals surface area contributed by atoms with Crippen LogP contribution in [0.2, 0.25) is 0 Å². The zero-order valence-corrected chi connectivity index (χ0v) is 14.1. The Balaban J connectivity index is 1.86. The van der Waals surface area contributed by atoms with E-state index in [2.05, 4.69) is 6.58 Å². The molecule has 2 nitrogen and oxygen atoms in total. The van der Waals surface area contributed by atoms with Gasteiger partial charge in [0, 0.05) is 0 Å². The van der Waals surface area contributed by atoms with Crippen LogP contribution in [-0.2, 0) is 0 Å². The normalized spacial score (nSPS) is 10.6. The van der Waals surface area contributed by atoms with Crippen molar-refractivity contribution in [2.45, 2.75) is 64.2 Å². The van der Waals surface area contributed by atoms with E-state index in [4.69, 9.17) is 10.5 Å². The van der Waals surface area contributed by atoms with Crippen molar-refractivity contribution in [1.29, 1.82) is 0 Å². The van der Waals surface area contributed by atoms with Crippen LogP contribution in [0.4, 0.5) is 0 Å². The van der Waals surface area contributed by atoms with Crippen LogP contribution in [0.5, 0.6) is 5.75 Å². The van der Waals surface area contributed by atoms with Gasteiger partial charge in [-0.3, -0.25) is 0 Å². The first-order valence-electron chi connectivity index (χ1n) is 8.92. The van der Waals surface area contributed by atoms with Gasteiger partial charge in [-0.05, 0) is 37.1 Å². The molecule has 0 aliphatic carbocycles. The molecule has 0 saturated heterocycles. The molecule has 0 atom stereocenters. The molecule has 0 spiro atoms. The Bertz CT molecular complexity index is 372. The number of nitrogens with two attached hydrogens (primary N) is 1. The van der Waals surface area contributed by atoms with Crippen molar-refractivity contribution < 1.29 is 4.74 Å². The van der Waals surface area contributed by atoms with Crippen LogP contribution < -0.4 is 10.5 Å². The lowest BCUT2D eigenvalue weighted by Crippen LogP contribution is -1.97. The molecule has 1 rings (SSSR count). The van der Waals surface area contributed by atoms with E-state index in [0.29, 0.717) is 0 Å². The molecule has 0 aliphatic heterocycles. The predicted molar refractivity (Wildman–Crippen MR) is 97.3 cm³/mol. The Morgan fingerprint density at radius 2 is 1.27 bits per heavy atom. The molecule has 0 fully saturated rings. The quantitative estimate of drug-likeness (QED) is 0.456. The van der Waals surface area contributed by atoms with E-state index in [1.807, 2.05) is 30.3 Å². The molecule has 0 heterocycles. The number of ether oxygens (including phenoxy) is 1. The van der Waals surface area contributed by atoms with Gasteiger partial charge in [-0.2, -0.15) is 0 Å². The first kappa shape index (κ1) is 18.8. The van der Waals surface area contributed by atoms with Crippen molar-refractivity contribution in [3.05, 3.63) is 36.4 Å². The van der Waals surface area contributed by atoms with Gasteiger partial charge in [0.1, 0.15) is 5.75 Å². The number of unbranched alkanes of at least 4 members (excludes halogenated alkanes) is 9. The van der Waals surface area contributed by atoms with Gasteiger partial charge in [-0.25, -0.2) is 0 Å². The molecule has 124 valence electrons. The molecular formula is C20H33NO. The van der Waals surface area contributed by atoms with Crippen LogP contribution in [-0.4, -0.2) is 13.2 Å². The van der Waals surface area contributed by atoms with Crippen LogP contribution in [0, 0.1) is 0 Å². The third-order valence-corrected chi connectivity index (χ3v) is 3.98. The van der Waals surface area contributed by atoms with Gasteiger partial charge in [0.15, 0.2) is 0 Å². The van der Waals surface area contributed by atoms with Crippen molar-refractivity contribution in [2.24, 2.45) is 5.73 Å². The lowest BCUT2D eigenvalue weighted by molar-refractivity contribution is 0.304. The summed E-state index contributed by atoms with van der Waals surface area (Å²) in [5, 5.41) is 0. The van der Waals surface area contributed by atoms with Crippen LogP contribution in [0.3, 0.4) is 0 Å². The minimum Gasteiger partial charge on any atom is -0.494 e. The predicted octanol–water partition coefficient (Wildman–Crippen LogP) is 5.57. The highest BCUT2D eigenvalue weighted by Gasteiger charge is 1.95. The van der Waals surface area contributed by atoms with Gasteiger partial charge >= 0.3 is 0 Å². The molecule has 0 radical (unpaired) electrons. The minimum absolute atomic E-state index is 0.826. The number of benzene rings is 1. The second kappa shape index (κ2) is 13.4. The minimum atomic E-state index is 0.826. The fourth-order valence-corrected chi connectivity index (χ4v) is 2.55. The monoisotopic (exact) mass is 303 g/mol. The zero-order valence-electron chi connectivity index (χ0n) is 14.1. The highest BCUT2D eigenvalue weighted by Crippen LogP contribution is 2.14. The fourth-order valence-electron chi connectivity index (χ4n) is 2.55. The lowest BCUT2D eigenvalue weighted by Gasteiger charge is -2.06. The van der Waals surface area contributed by atoms with E-state index in [9.17, 15) is 0 Å². The maximum Gasteiger partial charge on any atom is 0.119 e. The second-order valence-electron chi connectivity index (χ2n) is 5.95. The molecule has 22 heavy (non-hydrogen) atoms. The maximum absolute atomic E-state index is 5.74. The van der Waals surface area contributed by atoms with E-state index in [1.165, 1.54) is 57.8 Å². The van der Waals surface area contributed by atoms with Crippen molar-refractivity contribution in [3.63, 3.8) is 0 Å². The first-order valence-corrected chi connectivity index (χ1v) is 8.92. The van der Waals surface area contributed by atoms with Gasteiger partial charge in [0.2, 0.25) is 0 Å². The summed E-state index contributed by atoms with van der Waals surface area (Å²) in [6.07, 6.45) is 15.0. The molecule has 0 aromatic heterocycles. The lowest BCUT2D eigenvalue weighted by atomic mass is 10.1. The summed E-state index contributed by atoms with van der Waals surface area (Å²) in [6, 6.07) is 8.11. The van der Waals surface area contributed by atoms with Crippen LogP contribution in [0.25, 0.3) is 6.08 Å². The highest BCUT2D eigenvalue weighted by atomic mass is 16.5. The number of rotatable bonds is 14. The summed E-state index contributed by atoms with van der Waals surface area (Å²) in [4.78, 5) is 0. The van der Waals surface area contributed by atoms with Crippen LogP contribution >= 0.6 is 0 Å². The van der Waals surface area contributed by atoms with Crippen LogP contribution in [0.1, 0.15) is 69.8 Å². The molecule has 2 N–H and O–H groups in total. The zero-order chi connectivity index (χ0) is 15.9. The average molecular weight is 303 g/mol. The number of hydrogen-bond donors (Lipinski definition) is 1. The van der Waals surface area contributed by atoms with Crippen molar-refractivity contribution in [1.82, 2.24) is 0 Å². The summed E-state index contributed by atoms with van der Waals surface area (Å²) in [6.45, 7) is 5.42. The Hall–Kier alpha value is -1.28. The van der Waals surface area contributed by atoms with Gasteiger partial charge in [0.05, 0.1) is 6.61 Å². The van der Waals surface area contributed by atoms with E-state index >= 15 is 0 Å². The molecule has 0 amide bonds. The Labute approximate surface area is 136 Å². The summed E-state index contributed by atoms with van der Waals surface area (Å²) < 4.78 is 5.74. The first-order chi connectivity index (χ1) is 10.9. The summed E-state index contributed by atoms with van der Waals surface area (Å²) in [5.74, 6) is 0.961. The molecule has 1 aromatic rings. The van der Waals surface area contributed by atoms with Crippen LogP contribution in [0.15, 0.2) is 30.8 Å². The SMILES string of the molecule is C=Cc1ccc(OCCCCCCCCCCCCN)cc1. The highest BCUT2D eigenvalue weighted by molar-refractivity contribution is 5.48. The van der Waals surface area contributed by atoms with Gasteiger partial charge in [-0.1, -0.05) is 76.2 Å². The largest absolute Gasteiger partial charge is 0.494 e. The summed E-state index contributed by atoms with van der Waals surface area (Å²) in [5.41, 5.74) is 6.62. The fraction of sp³-hybridized carbons (Fsp3) is 0.600. The maximum atomic E-state index is 5.74. The van der Waals surface area contributed by atoms with Crippen molar-refractivity contribution >= 4 is 6.08 Å². The topological polar surface area (TPSA) is 35.2 Å². The molecule has 0 bridgehead atoms. The molecule has 1 aromatic carbocycles.